The fourth-order valence-electron chi connectivity index (χ4n) is 1.40. The summed E-state index contributed by atoms with van der Waals surface area (Å²) in [5, 5.41) is 0. The van der Waals surface area contributed by atoms with Gasteiger partial charge in [0.15, 0.2) is 0 Å². The van der Waals surface area contributed by atoms with Crippen molar-refractivity contribution in [1.29, 1.82) is 0 Å². The molecule has 0 atom stereocenters. The molecular formula is C10H3F14N3. The highest BCUT2D eigenvalue weighted by molar-refractivity contribution is 5.13. The molecule has 3 nitrogen and oxygen atoms in total. The van der Waals surface area contributed by atoms with Gasteiger partial charge in [-0.1, -0.05) is 0 Å². The fourth-order valence-corrected chi connectivity index (χ4v) is 1.40. The zero-order valence-electron chi connectivity index (χ0n) is 12.1. The lowest BCUT2D eigenvalue weighted by atomic mass is 10.1. The summed E-state index contributed by atoms with van der Waals surface area (Å²) in [6.07, 6.45) is -14.0. The number of halogens is 14. The summed E-state index contributed by atoms with van der Waals surface area (Å²) in [5.41, 5.74) is 0. The van der Waals surface area contributed by atoms with E-state index in [9.17, 15) is 61.5 Å². The Morgan fingerprint density at radius 1 is 0.481 bits per heavy atom. The van der Waals surface area contributed by atoms with Gasteiger partial charge in [-0.15, -0.1) is 0 Å². The van der Waals surface area contributed by atoms with E-state index in [4.69, 9.17) is 0 Å². The molecule has 1 rings (SSSR count). The van der Waals surface area contributed by atoms with Crippen LogP contribution in [0.3, 0.4) is 0 Å². The topological polar surface area (TPSA) is 38.7 Å². The van der Waals surface area contributed by atoms with Crippen LogP contribution in [-0.2, 0) is 11.8 Å². The summed E-state index contributed by atoms with van der Waals surface area (Å²) in [7, 11) is 0. The van der Waals surface area contributed by atoms with Gasteiger partial charge >= 0.3 is 36.0 Å². The van der Waals surface area contributed by atoms with E-state index in [1.54, 1.807) is 4.98 Å². The highest BCUT2D eigenvalue weighted by atomic mass is 19.4. The van der Waals surface area contributed by atoms with Crippen molar-refractivity contribution in [3.8, 4) is 0 Å². The molecule has 0 aliphatic rings. The maximum Gasteiger partial charge on any atom is 0.460 e. The third-order valence-electron chi connectivity index (χ3n) is 2.81. The average Bonchev–Trinajstić information content (AvgIpc) is 2.43. The van der Waals surface area contributed by atoms with Crippen molar-refractivity contribution in [1.82, 2.24) is 15.0 Å². The van der Waals surface area contributed by atoms with Crippen LogP contribution in [0.5, 0.6) is 0 Å². The Hall–Kier alpha value is -1.97. The zero-order chi connectivity index (χ0) is 21.9. The quantitative estimate of drug-likeness (QED) is 0.646. The number of rotatable bonds is 4. The maximum absolute atomic E-state index is 13.4. The van der Waals surface area contributed by atoms with Crippen molar-refractivity contribution < 1.29 is 61.5 Å². The molecule has 156 valence electrons. The van der Waals surface area contributed by atoms with E-state index in [2.05, 4.69) is 9.97 Å². The molecule has 1 heterocycles. The molecule has 0 N–H and O–H groups in total. The molecule has 17 heteroatoms. The van der Waals surface area contributed by atoms with Crippen molar-refractivity contribution in [3.05, 3.63) is 17.5 Å². The van der Waals surface area contributed by atoms with E-state index in [0.717, 1.165) is 0 Å². The summed E-state index contributed by atoms with van der Waals surface area (Å²) in [6.45, 7) is 0.276. The first kappa shape index (κ1) is 23.1. The Labute approximate surface area is 138 Å². The predicted molar refractivity (Wildman–Crippen MR) is 54.4 cm³/mol. The monoisotopic (exact) mass is 431 g/mol. The van der Waals surface area contributed by atoms with Gasteiger partial charge in [0, 0.05) is 0 Å². The summed E-state index contributed by atoms with van der Waals surface area (Å²) in [4.78, 5) is 6.12. The lowest BCUT2D eigenvalue weighted by Crippen LogP contribution is -2.52. The molecule has 0 fully saturated rings. The van der Waals surface area contributed by atoms with Crippen LogP contribution in [-0.4, -0.2) is 39.1 Å². The highest BCUT2D eigenvalue weighted by Gasteiger charge is 2.77. The van der Waals surface area contributed by atoms with Gasteiger partial charge in [0.1, 0.15) is 5.82 Å². The molecule has 1 aromatic rings. The van der Waals surface area contributed by atoms with Gasteiger partial charge in [0.2, 0.25) is 11.6 Å². The van der Waals surface area contributed by atoms with Gasteiger partial charge < -0.3 is 0 Å². The molecule has 0 spiro atoms. The summed E-state index contributed by atoms with van der Waals surface area (Å²) in [5.74, 6) is -34.7. The van der Waals surface area contributed by atoms with E-state index in [0.29, 0.717) is 0 Å². The minimum absolute atomic E-state index is 0.276. The third kappa shape index (κ3) is 3.46. The second kappa shape index (κ2) is 6.02. The number of hydrogen-bond donors (Lipinski definition) is 0. The number of nitrogens with zero attached hydrogens (tertiary/aromatic N) is 3. The minimum atomic E-state index is -6.98. The third-order valence-corrected chi connectivity index (χ3v) is 2.81. The van der Waals surface area contributed by atoms with Crippen LogP contribution in [0.1, 0.15) is 17.5 Å². The molecule has 0 unspecified atom stereocenters. The summed E-state index contributed by atoms with van der Waals surface area (Å²) < 4.78 is 178. The van der Waals surface area contributed by atoms with Crippen LogP contribution in [0.25, 0.3) is 0 Å². The van der Waals surface area contributed by atoms with Gasteiger partial charge in [-0.25, -0.2) is 15.0 Å². The van der Waals surface area contributed by atoms with Crippen molar-refractivity contribution in [3.63, 3.8) is 0 Å². The largest absolute Gasteiger partial charge is 0.460 e. The molecule has 0 saturated carbocycles. The number of alkyl halides is 14. The van der Waals surface area contributed by atoms with Gasteiger partial charge in [-0.05, 0) is 6.92 Å². The van der Waals surface area contributed by atoms with Crippen molar-refractivity contribution >= 4 is 0 Å². The molecule has 0 aliphatic heterocycles. The van der Waals surface area contributed by atoms with E-state index in [1.807, 2.05) is 0 Å². The molecule has 0 amide bonds. The zero-order valence-corrected chi connectivity index (χ0v) is 12.1. The molecule has 0 aliphatic carbocycles. The van der Waals surface area contributed by atoms with Crippen LogP contribution >= 0.6 is 0 Å². The molecule has 0 bridgehead atoms. The first-order chi connectivity index (χ1) is 11.6. The maximum atomic E-state index is 13.4. The summed E-state index contributed by atoms with van der Waals surface area (Å²) in [6, 6.07) is 0. The van der Waals surface area contributed by atoms with E-state index in [1.165, 1.54) is 0 Å². The first-order valence-corrected chi connectivity index (χ1v) is 5.99. The second-order valence-electron chi connectivity index (χ2n) is 4.82. The van der Waals surface area contributed by atoms with E-state index >= 15 is 0 Å². The van der Waals surface area contributed by atoms with Crippen LogP contribution in [0.15, 0.2) is 0 Å². The summed E-state index contributed by atoms with van der Waals surface area (Å²) >= 11 is 0. The molecule has 0 saturated heterocycles. The Morgan fingerprint density at radius 2 is 0.741 bits per heavy atom. The molecule has 0 aromatic carbocycles. The van der Waals surface area contributed by atoms with Crippen LogP contribution in [0.4, 0.5) is 61.5 Å². The van der Waals surface area contributed by atoms with Crippen LogP contribution < -0.4 is 0 Å². The Kier molecular flexibility index (Phi) is 5.14. The fraction of sp³-hybridized carbons (Fsp3) is 0.700. The van der Waals surface area contributed by atoms with Gasteiger partial charge in [0.25, 0.3) is 0 Å². The lowest BCUT2D eigenvalue weighted by Gasteiger charge is -2.29. The molecule has 1 aromatic heterocycles. The van der Waals surface area contributed by atoms with Crippen LogP contribution in [0, 0.1) is 6.92 Å². The Bertz CT molecular complexity index is 648. The Morgan fingerprint density at radius 3 is 0.963 bits per heavy atom. The smallest absolute Gasteiger partial charge is 0.212 e. The van der Waals surface area contributed by atoms with Crippen molar-refractivity contribution in [2.24, 2.45) is 0 Å². The number of aryl methyl sites for hydroxylation is 1. The molecule has 27 heavy (non-hydrogen) atoms. The SMILES string of the molecule is Cc1nc(C(F)(F)C(F)(F)C(F)(F)F)nc(C(F)(F)C(F)(F)C(F)(F)F)n1. The van der Waals surface area contributed by atoms with Crippen molar-refractivity contribution in [2.75, 3.05) is 0 Å². The number of aromatic nitrogens is 3. The lowest BCUT2D eigenvalue weighted by molar-refractivity contribution is -0.364. The van der Waals surface area contributed by atoms with Crippen molar-refractivity contribution in [2.45, 2.75) is 43.0 Å². The van der Waals surface area contributed by atoms with Gasteiger partial charge in [-0.2, -0.15) is 61.5 Å². The predicted octanol–water partition coefficient (Wildman–Crippen LogP) is 4.76. The van der Waals surface area contributed by atoms with Crippen LogP contribution in [0.2, 0.25) is 0 Å². The molecular weight excluding hydrogens is 428 g/mol. The average molecular weight is 431 g/mol. The Balaban J connectivity index is 3.67. The van der Waals surface area contributed by atoms with Gasteiger partial charge in [0.05, 0.1) is 0 Å². The first-order valence-electron chi connectivity index (χ1n) is 5.99. The standard InChI is InChI=1S/C10H3F14N3/c1-2-25-3(5(11,12)7(15,16)9(19,20)21)27-4(26-2)6(13,14)8(17,18)10(22,23)24/h1H3. The normalized spacial score (nSPS) is 15.2. The molecule has 0 radical (unpaired) electrons. The number of hydrogen-bond acceptors (Lipinski definition) is 3. The second-order valence-corrected chi connectivity index (χ2v) is 4.82. The van der Waals surface area contributed by atoms with Gasteiger partial charge in [-0.3, -0.25) is 0 Å². The minimum Gasteiger partial charge on any atom is -0.212 e. The highest BCUT2D eigenvalue weighted by Crippen LogP contribution is 2.53. The van der Waals surface area contributed by atoms with E-state index < -0.39 is 53.5 Å². The van der Waals surface area contributed by atoms with E-state index in [-0.39, 0.29) is 6.92 Å².